The van der Waals surface area contributed by atoms with Crippen LogP contribution < -0.4 is 14.8 Å². The number of amides is 1. The Kier molecular flexibility index (Phi) is 6.92. The van der Waals surface area contributed by atoms with E-state index in [-0.39, 0.29) is 5.91 Å². The van der Waals surface area contributed by atoms with Gasteiger partial charge in [-0.3, -0.25) is 9.78 Å². The van der Waals surface area contributed by atoms with Crippen molar-refractivity contribution >= 4 is 5.91 Å². The molecule has 1 amide bonds. The van der Waals surface area contributed by atoms with Gasteiger partial charge in [0.05, 0.1) is 25.6 Å². The summed E-state index contributed by atoms with van der Waals surface area (Å²) in [4.78, 5) is 17.6. The lowest BCUT2D eigenvalue weighted by Gasteiger charge is -2.11. The molecule has 7 nitrogen and oxygen atoms in total. The topological polar surface area (TPSA) is 78.3 Å². The highest BCUT2D eigenvalue weighted by molar-refractivity contribution is 5.94. The Morgan fingerprint density at radius 2 is 1.85 bits per heavy atom. The quantitative estimate of drug-likeness (QED) is 0.421. The van der Waals surface area contributed by atoms with Gasteiger partial charge in [0.15, 0.2) is 0 Å². The second-order valence-electron chi connectivity index (χ2n) is 8.01. The van der Waals surface area contributed by atoms with E-state index < -0.39 is 0 Å². The maximum absolute atomic E-state index is 13.3. The number of aromatic nitrogens is 3. The van der Waals surface area contributed by atoms with Gasteiger partial charge in [-0.1, -0.05) is 23.8 Å². The molecule has 0 aliphatic rings. The average molecular weight is 457 g/mol. The van der Waals surface area contributed by atoms with E-state index in [0.29, 0.717) is 35.9 Å². The van der Waals surface area contributed by atoms with Crippen molar-refractivity contribution in [2.24, 2.45) is 0 Å². The third-order valence-corrected chi connectivity index (χ3v) is 5.60. The average Bonchev–Trinajstić information content (AvgIpc) is 3.29. The van der Waals surface area contributed by atoms with Crippen molar-refractivity contribution in [2.75, 3.05) is 20.8 Å². The molecule has 0 radical (unpaired) electrons. The van der Waals surface area contributed by atoms with E-state index in [0.717, 1.165) is 28.1 Å². The second-order valence-corrected chi connectivity index (χ2v) is 8.01. The largest absolute Gasteiger partial charge is 0.497 e. The minimum Gasteiger partial charge on any atom is -0.497 e. The van der Waals surface area contributed by atoms with Crippen molar-refractivity contribution in [3.63, 3.8) is 0 Å². The zero-order valence-corrected chi connectivity index (χ0v) is 19.8. The number of hydrogen-bond donors (Lipinski definition) is 1. The molecule has 4 rings (SSSR count). The first-order valence-corrected chi connectivity index (χ1v) is 11.1. The minimum absolute atomic E-state index is 0.206. The molecule has 2 aromatic heterocycles. The fraction of sp³-hybridized carbons (Fsp3) is 0.222. The monoisotopic (exact) mass is 456 g/mol. The van der Waals surface area contributed by atoms with E-state index in [1.165, 1.54) is 0 Å². The predicted octanol–water partition coefficient (Wildman–Crippen LogP) is 4.54. The summed E-state index contributed by atoms with van der Waals surface area (Å²) in [6, 6.07) is 19.2. The molecule has 2 heterocycles. The normalized spacial score (nSPS) is 10.7. The van der Waals surface area contributed by atoms with Gasteiger partial charge in [0.1, 0.15) is 17.2 Å². The number of hydrogen-bond acceptors (Lipinski definition) is 5. The van der Waals surface area contributed by atoms with Gasteiger partial charge in [0.2, 0.25) is 0 Å². The molecule has 1 N–H and O–H groups in total. The van der Waals surface area contributed by atoms with Crippen LogP contribution in [0.25, 0.3) is 16.9 Å². The zero-order valence-electron chi connectivity index (χ0n) is 19.8. The summed E-state index contributed by atoms with van der Waals surface area (Å²) < 4.78 is 12.6. The first-order chi connectivity index (χ1) is 16.5. The summed E-state index contributed by atoms with van der Waals surface area (Å²) in [6.07, 6.45) is 2.39. The van der Waals surface area contributed by atoms with Crippen LogP contribution in [0.5, 0.6) is 11.5 Å². The molecule has 0 bridgehead atoms. The Balaban J connectivity index is 1.71. The minimum atomic E-state index is -0.206. The van der Waals surface area contributed by atoms with E-state index in [4.69, 9.17) is 14.6 Å². The van der Waals surface area contributed by atoms with Gasteiger partial charge in [-0.25, -0.2) is 4.68 Å². The number of aryl methyl sites for hydroxylation is 2. The predicted molar refractivity (Wildman–Crippen MR) is 132 cm³/mol. The van der Waals surface area contributed by atoms with Crippen molar-refractivity contribution < 1.29 is 14.3 Å². The number of carbonyl (C=O) groups is 1. The Labute approximate surface area is 199 Å². The summed E-state index contributed by atoms with van der Waals surface area (Å²) in [5.74, 6) is 1.09. The lowest BCUT2D eigenvalue weighted by molar-refractivity contribution is 0.0946. The molecule has 4 aromatic rings. The molecule has 0 fully saturated rings. The summed E-state index contributed by atoms with van der Waals surface area (Å²) in [7, 11) is 3.21. The van der Waals surface area contributed by atoms with E-state index in [9.17, 15) is 4.79 Å². The fourth-order valence-electron chi connectivity index (χ4n) is 3.85. The fourth-order valence-corrected chi connectivity index (χ4v) is 3.85. The Morgan fingerprint density at radius 1 is 1.00 bits per heavy atom. The van der Waals surface area contributed by atoms with Gasteiger partial charge in [-0.2, -0.15) is 5.10 Å². The molecule has 2 aromatic carbocycles. The standard InChI is InChI=1S/C27H28N4O3/c1-18-8-11-24(19(2)15-18)31-25(27(32)29-14-12-20-7-5-6-13-28-20)17-23(30-31)22-10-9-21(33-3)16-26(22)34-4/h5-11,13,15-17H,12,14H2,1-4H3,(H,29,32). The summed E-state index contributed by atoms with van der Waals surface area (Å²) in [6.45, 7) is 4.52. The highest BCUT2D eigenvalue weighted by atomic mass is 16.5. The van der Waals surface area contributed by atoms with Crippen LogP contribution in [0.2, 0.25) is 0 Å². The van der Waals surface area contributed by atoms with Crippen LogP contribution in [0.4, 0.5) is 0 Å². The molecule has 0 saturated heterocycles. The van der Waals surface area contributed by atoms with Gasteiger partial charge in [-0.05, 0) is 55.8 Å². The number of pyridine rings is 1. The first-order valence-electron chi connectivity index (χ1n) is 11.1. The van der Waals surface area contributed by atoms with Crippen molar-refractivity contribution in [1.82, 2.24) is 20.1 Å². The van der Waals surface area contributed by atoms with Crippen molar-refractivity contribution in [3.05, 3.63) is 89.4 Å². The number of methoxy groups -OCH3 is 2. The van der Waals surface area contributed by atoms with E-state index in [1.807, 2.05) is 56.3 Å². The summed E-state index contributed by atoms with van der Waals surface area (Å²) in [5.41, 5.74) is 5.80. The second kappa shape index (κ2) is 10.2. The molecule has 174 valence electrons. The van der Waals surface area contributed by atoms with Crippen LogP contribution in [0.1, 0.15) is 27.3 Å². The Morgan fingerprint density at radius 3 is 2.56 bits per heavy atom. The van der Waals surface area contributed by atoms with Gasteiger partial charge in [0.25, 0.3) is 5.91 Å². The van der Waals surface area contributed by atoms with Crippen molar-refractivity contribution in [3.8, 4) is 28.4 Å². The van der Waals surface area contributed by atoms with Crippen molar-refractivity contribution in [2.45, 2.75) is 20.3 Å². The van der Waals surface area contributed by atoms with E-state index >= 15 is 0 Å². The summed E-state index contributed by atoms with van der Waals surface area (Å²) >= 11 is 0. The smallest absolute Gasteiger partial charge is 0.270 e. The van der Waals surface area contributed by atoms with Crippen LogP contribution in [0.3, 0.4) is 0 Å². The van der Waals surface area contributed by atoms with Crippen LogP contribution in [0.15, 0.2) is 66.9 Å². The molecular formula is C27H28N4O3. The summed E-state index contributed by atoms with van der Waals surface area (Å²) in [5, 5.41) is 7.82. The van der Waals surface area contributed by atoms with Gasteiger partial charge >= 0.3 is 0 Å². The lowest BCUT2D eigenvalue weighted by Crippen LogP contribution is -2.28. The first kappa shape index (κ1) is 23.0. The third-order valence-electron chi connectivity index (χ3n) is 5.60. The molecule has 0 saturated carbocycles. The molecule has 0 unspecified atom stereocenters. The maximum Gasteiger partial charge on any atom is 0.270 e. The number of carbonyl (C=O) groups excluding carboxylic acids is 1. The Bertz CT molecular complexity index is 1300. The van der Waals surface area contributed by atoms with Gasteiger partial charge in [0, 0.05) is 36.5 Å². The van der Waals surface area contributed by atoms with Crippen molar-refractivity contribution in [1.29, 1.82) is 0 Å². The molecule has 0 spiro atoms. The number of benzene rings is 2. The van der Waals surface area contributed by atoms with Crippen LogP contribution >= 0.6 is 0 Å². The highest BCUT2D eigenvalue weighted by Crippen LogP contribution is 2.33. The molecule has 7 heteroatoms. The number of ether oxygens (including phenoxy) is 2. The highest BCUT2D eigenvalue weighted by Gasteiger charge is 2.20. The van der Waals surface area contributed by atoms with Gasteiger partial charge in [-0.15, -0.1) is 0 Å². The molecule has 0 atom stereocenters. The molecular weight excluding hydrogens is 428 g/mol. The van der Waals surface area contributed by atoms with Crippen LogP contribution in [-0.4, -0.2) is 41.4 Å². The van der Waals surface area contributed by atoms with Crippen LogP contribution in [-0.2, 0) is 6.42 Å². The van der Waals surface area contributed by atoms with Gasteiger partial charge < -0.3 is 14.8 Å². The van der Waals surface area contributed by atoms with Crippen LogP contribution in [0, 0.1) is 13.8 Å². The zero-order chi connectivity index (χ0) is 24.1. The third kappa shape index (κ3) is 4.93. The Hall–Kier alpha value is -4.13. The molecule has 0 aliphatic heterocycles. The number of nitrogens with one attached hydrogen (secondary N) is 1. The van der Waals surface area contributed by atoms with E-state index in [1.54, 1.807) is 37.2 Å². The number of rotatable bonds is 8. The lowest BCUT2D eigenvalue weighted by atomic mass is 10.1. The van der Waals surface area contributed by atoms with E-state index in [2.05, 4.69) is 16.4 Å². The SMILES string of the molecule is COc1ccc(-c2cc(C(=O)NCCc3ccccn3)n(-c3ccc(C)cc3C)n2)c(OC)c1. The maximum atomic E-state index is 13.3. The molecule has 0 aliphatic carbocycles. The number of nitrogens with zero attached hydrogens (tertiary/aromatic N) is 3. The molecule has 34 heavy (non-hydrogen) atoms.